The van der Waals surface area contributed by atoms with Gasteiger partial charge in [-0.25, -0.2) is 9.59 Å². The molecule has 2 heterocycles. The fraction of sp³-hybridized carbons (Fsp3) is 0.840. The third-order valence-electron chi connectivity index (χ3n) is 18.8. The van der Waals surface area contributed by atoms with Gasteiger partial charge in [0.15, 0.2) is 24.8 Å². The Kier molecular flexibility index (Phi) is 14.8. The number of carbonyl (C=O) groups is 4. The highest BCUT2D eigenvalue weighted by atomic mass is 16.7. The maximum atomic E-state index is 13.8. The first-order chi connectivity index (χ1) is 32.1. The van der Waals surface area contributed by atoms with Gasteiger partial charge in [0.2, 0.25) is 0 Å². The Morgan fingerprint density at radius 2 is 1.42 bits per heavy atom. The highest BCUT2D eigenvalue weighted by Crippen LogP contribution is 2.76. The van der Waals surface area contributed by atoms with Gasteiger partial charge in [-0.15, -0.1) is 0 Å². The van der Waals surface area contributed by atoms with Gasteiger partial charge < -0.3 is 74.0 Å². The van der Waals surface area contributed by atoms with E-state index in [1.54, 1.807) is 19.9 Å². The molecule has 69 heavy (non-hydrogen) atoms. The summed E-state index contributed by atoms with van der Waals surface area (Å²) in [4.78, 5) is 52.2. The Hall–Kier alpha value is -3.08. The summed E-state index contributed by atoms with van der Waals surface area (Å²) in [6.07, 6.45) is -12.5. The molecule has 5 aliphatic carbocycles. The summed E-state index contributed by atoms with van der Waals surface area (Å²) in [5, 5.41) is 86.9. The molecule has 19 nitrogen and oxygen atoms in total. The second kappa shape index (κ2) is 19.1. The van der Waals surface area contributed by atoms with E-state index in [1.807, 2.05) is 20.8 Å². The smallest absolute Gasteiger partial charge is 0.335 e. The number of hydrogen-bond donors (Lipinski definition) is 8. The number of carbonyl (C=O) groups excluding carboxylic acids is 3. The fourth-order valence-corrected chi connectivity index (χ4v) is 14.8. The van der Waals surface area contributed by atoms with Crippen LogP contribution in [0.4, 0.5) is 0 Å². The predicted molar refractivity (Wildman–Crippen MR) is 240 cm³/mol. The molecule has 0 aromatic rings. The Labute approximate surface area is 403 Å². The summed E-state index contributed by atoms with van der Waals surface area (Å²) in [6, 6.07) is 0. The molecule has 0 aromatic heterocycles. The molecular weight excluding hydrogens is 905 g/mol. The van der Waals surface area contributed by atoms with Crippen LogP contribution in [0.25, 0.3) is 0 Å². The molecule has 0 radical (unpaired) electrons. The zero-order valence-corrected chi connectivity index (χ0v) is 41.5. The van der Waals surface area contributed by atoms with Crippen molar-refractivity contribution in [2.75, 3.05) is 19.8 Å². The Bertz CT molecular complexity index is 2040. The molecule has 0 aromatic carbocycles. The summed E-state index contributed by atoms with van der Waals surface area (Å²) < 4.78 is 42.1. The maximum Gasteiger partial charge on any atom is 0.335 e. The van der Waals surface area contributed by atoms with Gasteiger partial charge in [0.25, 0.3) is 0 Å². The first kappa shape index (κ1) is 53.7. The fourth-order valence-electron chi connectivity index (χ4n) is 14.8. The number of aliphatic carboxylic acids is 1. The van der Waals surface area contributed by atoms with Crippen LogP contribution in [0.5, 0.6) is 0 Å². The van der Waals surface area contributed by atoms with E-state index in [-0.39, 0.29) is 24.9 Å². The number of rotatable bonds is 11. The van der Waals surface area contributed by atoms with Gasteiger partial charge in [-0.2, -0.15) is 0 Å². The summed E-state index contributed by atoms with van der Waals surface area (Å²) in [6.45, 7) is 17.1. The van der Waals surface area contributed by atoms with Crippen LogP contribution in [-0.2, 0) is 52.3 Å². The summed E-state index contributed by atoms with van der Waals surface area (Å²) in [7, 11) is 0. The van der Waals surface area contributed by atoms with Crippen LogP contribution < -0.4 is 0 Å². The van der Waals surface area contributed by atoms with Crippen LogP contribution in [0.3, 0.4) is 0 Å². The number of aliphatic hydroxyl groups excluding tert-OH is 7. The number of esters is 3. The van der Waals surface area contributed by atoms with Crippen molar-refractivity contribution in [1.29, 1.82) is 0 Å². The number of ether oxygens (including phenoxy) is 7. The first-order valence-electron chi connectivity index (χ1n) is 24.4. The molecule has 8 N–H and O–H groups in total. The van der Waals surface area contributed by atoms with Gasteiger partial charge in [0.05, 0.1) is 31.3 Å². The van der Waals surface area contributed by atoms with Crippen LogP contribution in [0.2, 0.25) is 0 Å². The third-order valence-corrected chi connectivity index (χ3v) is 18.8. The topological polar surface area (TPSA) is 295 Å². The standard InChI is InChI=1S/C50H76O19/c1-11-23(2)42(62)69-40-39(65-25(4)54)45(5,6)18-27-26-12-13-30-46(7)16-15-31(66-44-36(59)37(35(58)38(68-44)41(60)61)67-43-34(57)33(56)28(55)20-63-43)47(8,21-51)29(46)14-17-48(30,9)49(26,10)19-32(64-24(3)53)50(27,40)22-52/h11-12,27-40,43-44,51-52,55-59H,13-22H2,1-10H3,(H,60,61)/t27-,28-,29+,30+,31-,32+,33-,34+,35-,36+,37-,38-,39-,40-,43-,44+,46-,47-,48+,49+,50-/m0/s1. The molecule has 4 saturated carbocycles. The predicted octanol–water partition coefficient (Wildman–Crippen LogP) is 2.06. The first-order valence-corrected chi connectivity index (χ1v) is 24.4. The molecular formula is C50H76O19. The highest BCUT2D eigenvalue weighted by molar-refractivity contribution is 5.88. The number of allylic oxidation sites excluding steroid dienone is 3. The van der Waals surface area contributed by atoms with E-state index in [4.69, 9.17) is 33.2 Å². The lowest BCUT2D eigenvalue weighted by Gasteiger charge is -2.72. The zero-order chi connectivity index (χ0) is 51.1. The lowest BCUT2D eigenvalue weighted by molar-refractivity contribution is -0.358. The van der Waals surface area contributed by atoms with E-state index in [9.17, 15) is 60.0 Å². The van der Waals surface area contributed by atoms with Gasteiger partial charge in [-0.05, 0) is 92.8 Å². The lowest BCUT2D eigenvalue weighted by Crippen LogP contribution is -2.73. The highest BCUT2D eigenvalue weighted by Gasteiger charge is 2.75. The van der Waals surface area contributed by atoms with Gasteiger partial charge in [0, 0.05) is 30.3 Å². The molecule has 6 fully saturated rings. The van der Waals surface area contributed by atoms with Gasteiger partial charge in [0.1, 0.15) is 48.8 Å². The molecule has 2 aliphatic heterocycles. The number of aliphatic hydroxyl groups is 7. The van der Waals surface area contributed by atoms with Crippen molar-refractivity contribution in [3.8, 4) is 0 Å². The molecule has 0 amide bonds. The Morgan fingerprint density at radius 1 is 0.754 bits per heavy atom. The van der Waals surface area contributed by atoms with Crippen molar-refractivity contribution in [1.82, 2.24) is 0 Å². The van der Waals surface area contributed by atoms with Crippen LogP contribution in [-0.4, -0.2) is 164 Å². The van der Waals surface area contributed by atoms with E-state index >= 15 is 0 Å². The van der Waals surface area contributed by atoms with Crippen molar-refractivity contribution in [3.05, 3.63) is 23.3 Å². The zero-order valence-electron chi connectivity index (χ0n) is 41.5. The maximum absolute atomic E-state index is 13.8. The van der Waals surface area contributed by atoms with E-state index < -0.39 is 155 Å². The number of carboxylic acid groups (broad SMARTS) is 1. The summed E-state index contributed by atoms with van der Waals surface area (Å²) >= 11 is 0. The second-order valence-corrected chi connectivity index (χ2v) is 22.9. The molecule has 0 unspecified atom stereocenters. The molecule has 7 aliphatic rings. The molecule has 0 bridgehead atoms. The second-order valence-electron chi connectivity index (χ2n) is 22.9. The summed E-state index contributed by atoms with van der Waals surface area (Å²) in [5.74, 6) is -4.09. The van der Waals surface area contributed by atoms with Crippen molar-refractivity contribution >= 4 is 23.9 Å². The number of hydrogen-bond acceptors (Lipinski definition) is 18. The largest absolute Gasteiger partial charge is 0.479 e. The van der Waals surface area contributed by atoms with Crippen LogP contribution in [0, 0.1) is 50.2 Å². The monoisotopic (exact) mass is 980 g/mol. The minimum Gasteiger partial charge on any atom is -0.479 e. The van der Waals surface area contributed by atoms with Crippen molar-refractivity contribution in [2.45, 2.75) is 194 Å². The van der Waals surface area contributed by atoms with Gasteiger partial charge in [-0.3, -0.25) is 9.59 Å². The Morgan fingerprint density at radius 3 is 2.01 bits per heavy atom. The number of carboxylic acids is 1. The Balaban J connectivity index is 1.23. The molecule has 390 valence electrons. The van der Waals surface area contributed by atoms with E-state index in [1.165, 1.54) is 13.8 Å². The van der Waals surface area contributed by atoms with E-state index in [2.05, 4.69) is 26.8 Å². The summed E-state index contributed by atoms with van der Waals surface area (Å²) in [5.41, 5.74) is -3.37. The molecule has 7 rings (SSSR count). The molecule has 2 saturated heterocycles. The lowest BCUT2D eigenvalue weighted by atomic mass is 9.33. The van der Waals surface area contributed by atoms with E-state index in [0.29, 0.717) is 44.1 Å². The number of fused-ring (bicyclic) bond motifs is 7. The van der Waals surface area contributed by atoms with Gasteiger partial charge >= 0.3 is 23.9 Å². The normalized spacial score (nSPS) is 48.3. The van der Waals surface area contributed by atoms with Crippen LogP contribution in [0.15, 0.2) is 23.3 Å². The third kappa shape index (κ3) is 8.50. The molecule has 19 heteroatoms. The van der Waals surface area contributed by atoms with Crippen molar-refractivity contribution in [3.63, 3.8) is 0 Å². The molecule has 21 atom stereocenters. The van der Waals surface area contributed by atoms with Gasteiger partial charge in [-0.1, -0.05) is 59.3 Å². The van der Waals surface area contributed by atoms with Crippen LogP contribution in [0.1, 0.15) is 114 Å². The van der Waals surface area contributed by atoms with Crippen LogP contribution >= 0.6 is 0 Å². The average molecular weight is 981 g/mol. The van der Waals surface area contributed by atoms with E-state index in [0.717, 1.165) is 5.57 Å². The SMILES string of the molecule is CC=C(C)C(=O)O[C@H]1[C@H](OC(C)=O)C(C)(C)C[C@H]2C3=CC[C@@H]4[C@@]5(C)CC[C@H](O[C@@H]6O[C@H](C(=O)O)[C@@H](O)[C@H](O[C@@H]7OC[C@H](O)[C@H](O)[C@H]7O)[C@H]6O)[C@@](C)(CO)[C@@H]5CC[C@@]4(C)[C@]3(C)C[C@@H](OC(C)=O)[C@]21CO. The molecule has 0 spiro atoms. The van der Waals surface area contributed by atoms with Crippen molar-refractivity contribution < 1.29 is 93.2 Å². The average Bonchev–Trinajstić information content (AvgIpc) is 3.27. The minimum atomic E-state index is -1.97. The minimum absolute atomic E-state index is 0.0167. The quantitative estimate of drug-likeness (QED) is 0.0483. The van der Waals surface area contributed by atoms with Crippen molar-refractivity contribution in [2.24, 2.45) is 50.2 Å².